The molecule has 0 spiro atoms. The molecule has 2 aromatic rings. The summed E-state index contributed by atoms with van der Waals surface area (Å²) in [4.78, 5) is 9.73. The van der Waals surface area contributed by atoms with E-state index < -0.39 is 0 Å². The lowest BCUT2D eigenvalue weighted by Crippen LogP contribution is -2.22. The van der Waals surface area contributed by atoms with Gasteiger partial charge in [0.25, 0.3) is 0 Å². The Morgan fingerprint density at radius 2 is 2.25 bits per heavy atom. The molecule has 104 valence electrons. The molecular formula is C15H18N4S. The summed E-state index contributed by atoms with van der Waals surface area (Å²) in [5.41, 5.74) is 12.7. The zero-order chi connectivity index (χ0) is 13.9. The van der Waals surface area contributed by atoms with Crippen LogP contribution >= 0.6 is 11.3 Å². The molecule has 1 aliphatic rings. The number of nitrogens with zero attached hydrogens (tertiary/aromatic N) is 2. The van der Waals surface area contributed by atoms with E-state index in [2.05, 4.69) is 33.5 Å². The molecule has 5 heteroatoms. The van der Waals surface area contributed by atoms with E-state index in [9.17, 15) is 0 Å². The van der Waals surface area contributed by atoms with Gasteiger partial charge in [-0.05, 0) is 49.4 Å². The monoisotopic (exact) mass is 286 g/mol. The van der Waals surface area contributed by atoms with Crippen molar-refractivity contribution in [3.05, 3.63) is 45.4 Å². The van der Waals surface area contributed by atoms with Gasteiger partial charge in [-0.2, -0.15) is 0 Å². The molecule has 0 aliphatic heterocycles. The van der Waals surface area contributed by atoms with E-state index in [1.807, 2.05) is 12.4 Å². The Labute approximate surface area is 122 Å². The van der Waals surface area contributed by atoms with E-state index in [0.717, 1.165) is 16.3 Å². The summed E-state index contributed by atoms with van der Waals surface area (Å²) < 4.78 is 0. The number of nitrogens with one attached hydrogen (secondary N) is 1. The quantitative estimate of drug-likeness (QED) is 0.673. The second-order valence-corrected chi connectivity index (χ2v) is 5.96. The van der Waals surface area contributed by atoms with Crippen molar-refractivity contribution in [3.63, 3.8) is 0 Å². The number of thiazole rings is 1. The minimum Gasteiger partial charge on any atom is -0.370 e. The average molecular weight is 286 g/mol. The Kier molecular flexibility index (Phi) is 3.69. The van der Waals surface area contributed by atoms with Crippen LogP contribution in [0.4, 0.5) is 5.69 Å². The highest BCUT2D eigenvalue weighted by atomic mass is 32.1. The molecule has 4 nitrogen and oxygen atoms in total. The summed E-state index contributed by atoms with van der Waals surface area (Å²) in [6.07, 6.45) is 3.62. The lowest BCUT2D eigenvalue weighted by Gasteiger charge is -2.07. The summed E-state index contributed by atoms with van der Waals surface area (Å²) in [6, 6.07) is 6.44. The molecule has 0 unspecified atom stereocenters. The topological polar surface area (TPSA) is 63.3 Å². The highest BCUT2D eigenvalue weighted by Gasteiger charge is 2.10. The summed E-state index contributed by atoms with van der Waals surface area (Å²) >= 11 is 1.61. The fourth-order valence-corrected chi connectivity index (χ4v) is 3.17. The molecule has 0 saturated carbocycles. The molecule has 1 aromatic carbocycles. The molecule has 0 atom stereocenters. The van der Waals surface area contributed by atoms with Crippen LogP contribution in [-0.2, 0) is 19.4 Å². The van der Waals surface area contributed by atoms with Crippen molar-refractivity contribution >= 4 is 23.0 Å². The highest BCUT2D eigenvalue weighted by Crippen LogP contribution is 2.24. The Morgan fingerprint density at radius 1 is 1.40 bits per heavy atom. The van der Waals surface area contributed by atoms with Crippen LogP contribution in [0, 0.1) is 6.92 Å². The minimum absolute atomic E-state index is 0.454. The van der Waals surface area contributed by atoms with Crippen molar-refractivity contribution in [1.29, 1.82) is 0 Å². The first-order valence-electron chi connectivity index (χ1n) is 6.80. The molecule has 0 fully saturated rings. The standard InChI is InChI=1S/C15H18N4S/c1-10-14(20-9-18-10)8-17-15(16)19-13-6-5-11-3-2-4-12(11)7-13/h5-7,9H,2-4,8H2,1H3,(H3,16,17,19). The maximum absolute atomic E-state index is 5.94. The first kappa shape index (κ1) is 13.1. The highest BCUT2D eigenvalue weighted by molar-refractivity contribution is 7.09. The molecule has 3 N–H and O–H groups in total. The van der Waals surface area contributed by atoms with E-state index >= 15 is 0 Å². The van der Waals surface area contributed by atoms with Crippen molar-refractivity contribution in [2.24, 2.45) is 10.7 Å². The summed E-state index contributed by atoms with van der Waals surface area (Å²) in [7, 11) is 0. The van der Waals surface area contributed by atoms with Gasteiger partial charge in [0.15, 0.2) is 5.96 Å². The van der Waals surface area contributed by atoms with Crippen LogP contribution in [-0.4, -0.2) is 10.9 Å². The molecule has 3 rings (SSSR count). The first-order valence-corrected chi connectivity index (χ1v) is 7.68. The third kappa shape index (κ3) is 2.82. The van der Waals surface area contributed by atoms with Crippen LogP contribution in [0.15, 0.2) is 28.7 Å². The van der Waals surface area contributed by atoms with Gasteiger partial charge >= 0.3 is 0 Å². The number of rotatable bonds is 3. The first-order chi connectivity index (χ1) is 9.72. The van der Waals surface area contributed by atoms with E-state index in [1.165, 1.54) is 30.4 Å². The number of aliphatic imine (C=N–C) groups is 1. The van der Waals surface area contributed by atoms with Gasteiger partial charge in [0.05, 0.1) is 17.7 Å². The van der Waals surface area contributed by atoms with Gasteiger partial charge < -0.3 is 11.1 Å². The SMILES string of the molecule is Cc1ncsc1CN=C(N)Nc1ccc2c(c1)CCC2. The van der Waals surface area contributed by atoms with Crippen LogP contribution < -0.4 is 11.1 Å². The maximum atomic E-state index is 5.94. The lowest BCUT2D eigenvalue weighted by molar-refractivity contribution is 0.912. The Balaban J connectivity index is 1.66. The molecule has 0 amide bonds. The molecule has 1 heterocycles. The number of aryl methyl sites for hydroxylation is 3. The van der Waals surface area contributed by atoms with Crippen molar-refractivity contribution in [2.45, 2.75) is 32.7 Å². The number of nitrogens with two attached hydrogens (primary N) is 1. The van der Waals surface area contributed by atoms with E-state index in [0.29, 0.717) is 12.5 Å². The van der Waals surface area contributed by atoms with Crippen LogP contribution in [0.2, 0.25) is 0 Å². The van der Waals surface area contributed by atoms with Gasteiger partial charge in [-0.15, -0.1) is 11.3 Å². The molecule has 0 bridgehead atoms. The fourth-order valence-electron chi connectivity index (χ4n) is 2.47. The van der Waals surface area contributed by atoms with Crippen LogP contribution in [0.1, 0.15) is 28.1 Å². The Hall–Kier alpha value is -1.88. The maximum Gasteiger partial charge on any atom is 0.193 e. The van der Waals surface area contributed by atoms with Gasteiger partial charge in [-0.3, -0.25) is 0 Å². The molecule has 0 radical (unpaired) electrons. The molecule has 1 aromatic heterocycles. The number of fused-ring (bicyclic) bond motifs is 1. The van der Waals surface area contributed by atoms with Crippen molar-refractivity contribution in [3.8, 4) is 0 Å². The van der Waals surface area contributed by atoms with Crippen LogP contribution in [0.25, 0.3) is 0 Å². The number of guanidine groups is 1. The molecule has 20 heavy (non-hydrogen) atoms. The van der Waals surface area contributed by atoms with E-state index in [-0.39, 0.29) is 0 Å². The van der Waals surface area contributed by atoms with Gasteiger partial charge in [0.2, 0.25) is 0 Å². The number of aromatic nitrogens is 1. The Morgan fingerprint density at radius 3 is 3.05 bits per heavy atom. The average Bonchev–Trinajstić information content (AvgIpc) is 3.04. The number of anilines is 1. The van der Waals surface area contributed by atoms with Gasteiger partial charge in [0.1, 0.15) is 0 Å². The summed E-state index contributed by atoms with van der Waals surface area (Å²) in [6.45, 7) is 2.58. The number of hydrogen-bond acceptors (Lipinski definition) is 3. The van der Waals surface area contributed by atoms with E-state index in [1.54, 1.807) is 11.3 Å². The number of hydrogen-bond donors (Lipinski definition) is 2. The normalized spacial score (nSPS) is 14.3. The summed E-state index contributed by atoms with van der Waals surface area (Å²) in [5.74, 6) is 0.454. The zero-order valence-corrected chi connectivity index (χ0v) is 12.3. The predicted octanol–water partition coefficient (Wildman–Crippen LogP) is 2.87. The third-order valence-corrected chi connectivity index (χ3v) is 4.53. The van der Waals surface area contributed by atoms with Gasteiger partial charge in [-0.25, -0.2) is 9.98 Å². The van der Waals surface area contributed by atoms with E-state index in [4.69, 9.17) is 5.73 Å². The lowest BCUT2D eigenvalue weighted by atomic mass is 10.1. The number of benzene rings is 1. The largest absolute Gasteiger partial charge is 0.370 e. The Bertz CT molecular complexity index is 645. The predicted molar refractivity (Wildman–Crippen MR) is 84.3 cm³/mol. The molecular weight excluding hydrogens is 268 g/mol. The van der Waals surface area contributed by atoms with Gasteiger partial charge in [-0.1, -0.05) is 6.07 Å². The summed E-state index contributed by atoms with van der Waals surface area (Å²) in [5, 5.41) is 3.17. The molecule has 0 saturated heterocycles. The zero-order valence-electron chi connectivity index (χ0n) is 11.5. The van der Waals surface area contributed by atoms with Crippen molar-refractivity contribution < 1.29 is 0 Å². The van der Waals surface area contributed by atoms with Crippen LogP contribution in [0.5, 0.6) is 0 Å². The smallest absolute Gasteiger partial charge is 0.193 e. The second kappa shape index (κ2) is 5.63. The van der Waals surface area contributed by atoms with Crippen molar-refractivity contribution in [1.82, 2.24) is 4.98 Å². The third-order valence-electron chi connectivity index (χ3n) is 3.61. The molecule has 1 aliphatic carbocycles. The fraction of sp³-hybridized carbons (Fsp3) is 0.333. The second-order valence-electron chi connectivity index (χ2n) is 5.02. The van der Waals surface area contributed by atoms with Crippen molar-refractivity contribution in [2.75, 3.05) is 5.32 Å². The van der Waals surface area contributed by atoms with Gasteiger partial charge in [0, 0.05) is 10.6 Å². The minimum atomic E-state index is 0.454. The van der Waals surface area contributed by atoms with Crippen LogP contribution in [0.3, 0.4) is 0 Å².